The van der Waals surface area contributed by atoms with Gasteiger partial charge in [0, 0.05) is 17.8 Å². The number of alkyl halides is 1. The number of carbonyl (C=O) groups is 1. The molecule has 0 heterocycles. The third kappa shape index (κ3) is 7.05. The molecule has 78 valence electrons. The second-order valence-corrected chi connectivity index (χ2v) is 5.34. The monoisotopic (exact) mass is 249 g/mol. The summed E-state index contributed by atoms with van der Waals surface area (Å²) in [5.74, 6) is 1.15. The quantitative estimate of drug-likeness (QED) is 0.746. The lowest BCUT2D eigenvalue weighted by Crippen LogP contribution is -2.32. The van der Waals surface area contributed by atoms with Crippen LogP contribution in [0.15, 0.2) is 0 Å². The topological polar surface area (TPSA) is 29.1 Å². The molecule has 2 nitrogen and oxygen atoms in total. The van der Waals surface area contributed by atoms with Gasteiger partial charge in [-0.2, -0.15) is 0 Å². The highest BCUT2D eigenvalue weighted by atomic mass is 79.9. The molecule has 1 N–H and O–H groups in total. The molecule has 0 aliphatic rings. The average molecular weight is 250 g/mol. The summed E-state index contributed by atoms with van der Waals surface area (Å²) in [6, 6.07) is 0. The Bertz CT molecular complexity index is 157. The molecule has 0 aromatic heterocycles. The highest BCUT2D eigenvalue weighted by Crippen LogP contribution is 2.10. The molecule has 0 fully saturated rings. The minimum atomic E-state index is 0.153. The van der Waals surface area contributed by atoms with Gasteiger partial charge in [-0.15, -0.1) is 0 Å². The fourth-order valence-electron chi connectivity index (χ4n) is 0.890. The van der Waals surface area contributed by atoms with E-state index >= 15 is 0 Å². The summed E-state index contributed by atoms with van der Waals surface area (Å²) in [7, 11) is 0. The van der Waals surface area contributed by atoms with Crippen LogP contribution in [0.2, 0.25) is 0 Å². The van der Waals surface area contributed by atoms with E-state index in [2.05, 4.69) is 35.1 Å². The number of hydrogen-bond acceptors (Lipinski definition) is 1. The van der Waals surface area contributed by atoms with Gasteiger partial charge in [0.05, 0.1) is 0 Å². The van der Waals surface area contributed by atoms with E-state index in [1.165, 1.54) is 0 Å². The lowest BCUT2D eigenvalue weighted by atomic mass is 10.1. The molecule has 0 aromatic carbocycles. The third-order valence-electron chi connectivity index (χ3n) is 1.81. The SMILES string of the molecule is CC(C)CC(=O)NCC(Br)C(C)C. The van der Waals surface area contributed by atoms with Crippen molar-refractivity contribution in [1.29, 1.82) is 0 Å². The molecular formula is C10H20BrNO. The van der Waals surface area contributed by atoms with Crippen LogP contribution in [-0.2, 0) is 4.79 Å². The van der Waals surface area contributed by atoms with E-state index in [1.54, 1.807) is 0 Å². The van der Waals surface area contributed by atoms with Crippen LogP contribution in [0.1, 0.15) is 34.1 Å². The lowest BCUT2D eigenvalue weighted by molar-refractivity contribution is -0.121. The summed E-state index contributed by atoms with van der Waals surface area (Å²) in [6.07, 6.45) is 0.623. The van der Waals surface area contributed by atoms with Crippen LogP contribution in [0, 0.1) is 11.8 Å². The molecule has 0 rings (SSSR count). The van der Waals surface area contributed by atoms with Crippen molar-refractivity contribution in [2.45, 2.75) is 38.9 Å². The summed E-state index contributed by atoms with van der Waals surface area (Å²) in [5, 5.41) is 2.91. The maximum absolute atomic E-state index is 11.2. The van der Waals surface area contributed by atoms with E-state index in [4.69, 9.17) is 0 Å². The van der Waals surface area contributed by atoms with Crippen molar-refractivity contribution >= 4 is 21.8 Å². The smallest absolute Gasteiger partial charge is 0.220 e. The molecule has 0 aliphatic heterocycles. The maximum Gasteiger partial charge on any atom is 0.220 e. The number of amides is 1. The highest BCUT2D eigenvalue weighted by Gasteiger charge is 2.10. The van der Waals surface area contributed by atoms with Crippen molar-refractivity contribution in [3.05, 3.63) is 0 Å². The second-order valence-electron chi connectivity index (χ2n) is 4.16. The van der Waals surface area contributed by atoms with Crippen LogP contribution < -0.4 is 5.32 Å². The predicted octanol–water partition coefficient (Wildman–Crippen LogP) is 2.57. The Hall–Kier alpha value is -0.0500. The molecule has 0 saturated heterocycles. The third-order valence-corrected chi connectivity index (χ3v) is 3.19. The van der Waals surface area contributed by atoms with Gasteiger partial charge in [-0.3, -0.25) is 4.79 Å². The standard InChI is InChI=1S/C10H20BrNO/c1-7(2)5-10(13)12-6-9(11)8(3)4/h7-9H,5-6H2,1-4H3,(H,12,13). The van der Waals surface area contributed by atoms with Crippen molar-refractivity contribution in [3.63, 3.8) is 0 Å². The van der Waals surface area contributed by atoms with E-state index in [1.807, 2.05) is 13.8 Å². The highest BCUT2D eigenvalue weighted by molar-refractivity contribution is 9.09. The normalized spacial score (nSPS) is 13.5. The Morgan fingerprint density at radius 3 is 2.23 bits per heavy atom. The molecule has 0 saturated carbocycles. The van der Waals surface area contributed by atoms with Crippen LogP contribution >= 0.6 is 15.9 Å². The lowest BCUT2D eigenvalue weighted by Gasteiger charge is -2.14. The van der Waals surface area contributed by atoms with Crippen molar-refractivity contribution in [2.24, 2.45) is 11.8 Å². The van der Waals surface area contributed by atoms with Gasteiger partial charge in [0.2, 0.25) is 5.91 Å². The molecule has 1 amide bonds. The summed E-state index contributed by atoms with van der Waals surface area (Å²) >= 11 is 3.52. The first kappa shape index (κ1) is 12.9. The molecule has 0 bridgehead atoms. The predicted molar refractivity (Wildman–Crippen MR) is 60.0 cm³/mol. The van der Waals surface area contributed by atoms with E-state index in [0.29, 0.717) is 23.1 Å². The van der Waals surface area contributed by atoms with Gasteiger partial charge in [-0.05, 0) is 11.8 Å². The molecule has 1 unspecified atom stereocenters. The Balaban J connectivity index is 3.58. The zero-order valence-corrected chi connectivity index (χ0v) is 10.5. The second kappa shape index (κ2) is 6.41. The Kier molecular flexibility index (Phi) is 6.39. The van der Waals surface area contributed by atoms with Gasteiger partial charge in [0.1, 0.15) is 0 Å². The minimum absolute atomic E-state index is 0.153. The van der Waals surface area contributed by atoms with Gasteiger partial charge in [-0.1, -0.05) is 43.6 Å². The van der Waals surface area contributed by atoms with Gasteiger partial charge >= 0.3 is 0 Å². The Morgan fingerprint density at radius 1 is 1.31 bits per heavy atom. The van der Waals surface area contributed by atoms with Crippen LogP contribution in [0.3, 0.4) is 0 Å². The van der Waals surface area contributed by atoms with E-state index in [-0.39, 0.29) is 5.91 Å². The molecule has 0 aliphatic carbocycles. The van der Waals surface area contributed by atoms with Crippen LogP contribution in [-0.4, -0.2) is 17.3 Å². The first-order chi connectivity index (χ1) is 5.93. The summed E-state index contributed by atoms with van der Waals surface area (Å²) in [5.41, 5.74) is 0. The Labute approximate surface area is 89.6 Å². The minimum Gasteiger partial charge on any atom is -0.355 e. The van der Waals surface area contributed by atoms with Gasteiger partial charge < -0.3 is 5.32 Å². The van der Waals surface area contributed by atoms with E-state index in [9.17, 15) is 4.79 Å². The zero-order chi connectivity index (χ0) is 10.4. The largest absolute Gasteiger partial charge is 0.355 e. The number of rotatable bonds is 5. The first-order valence-corrected chi connectivity index (χ1v) is 5.75. The number of nitrogens with one attached hydrogen (secondary N) is 1. The van der Waals surface area contributed by atoms with Gasteiger partial charge in [-0.25, -0.2) is 0 Å². The fraction of sp³-hybridized carbons (Fsp3) is 0.900. The van der Waals surface area contributed by atoms with E-state index in [0.717, 1.165) is 6.54 Å². The molecular weight excluding hydrogens is 230 g/mol. The number of halogens is 1. The molecule has 1 atom stereocenters. The molecule has 0 spiro atoms. The maximum atomic E-state index is 11.2. The average Bonchev–Trinajstić information content (AvgIpc) is 1.98. The van der Waals surface area contributed by atoms with Crippen LogP contribution in [0.5, 0.6) is 0 Å². The van der Waals surface area contributed by atoms with Crippen molar-refractivity contribution < 1.29 is 4.79 Å². The zero-order valence-electron chi connectivity index (χ0n) is 8.93. The molecule has 3 heteroatoms. The van der Waals surface area contributed by atoms with Gasteiger partial charge in [0.25, 0.3) is 0 Å². The fourth-order valence-corrected chi connectivity index (χ4v) is 1.05. The summed E-state index contributed by atoms with van der Waals surface area (Å²) in [4.78, 5) is 11.6. The van der Waals surface area contributed by atoms with E-state index < -0.39 is 0 Å². The van der Waals surface area contributed by atoms with Crippen molar-refractivity contribution in [3.8, 4) is 0 Å². The van der Waals surface area contributed by atoms with Crippen molar-refractivity contribution in [2.75, 3.05) is 6.54 Å². The van der Waals surface area contributed by atoms with Crippen LogP contribution in [0.4, 0.5) is 0 Å². The first-order valence-electron chi connectivity index (χ1n) is 4.84. The summed E-state index contributed by atoms with van der Waals surface area (Å²) < 4.78 is 0. The molecule has 13 heavy (non-hydrogen) atoms. The molecule has 0 radical (unpaired) electrons. The molecule has 0 aromatic rings. The van der Waals surface area contributed by atoms with Gasteiger partial charge in [0.15, 0.2) is 0 Å². The van der Waals surface area contributed by atoms with Crippen LogP contribution in [0.25, 0.3) is 0 Å². The summed E-state index contributed by atoms with van der Waals surface area (Å²) in [6.45, 7) is 9.09. The Morgan fingerprint density at radius 2 is 1.85 bits per heavy atom. The number of carbonyl (C=O) groups excluding carboxylic acids is 1. The number of hydrogen-bond donors (Lipinski definition) is 1. The van der Waals surface area contributed by atoms with Crippen molar-refractivity contribution in [1.82, 2.24) is 5.32 Å².